The topological polar surface area (TPSA) is 113 Å². The van der Waals surface area contributed by atoms with Gasteiger partial charge in [-0.3, -0.25) is 10.2 Å². The van der Waals surface area contributed by atoms with Crippen LogP contribution in [0.25, 0.3) is 0 Å². The number of hydrogen-bond acceptors (Lipinski definition) is 5. The van der Waals surface area contributed by atoms with Gasteiger partial charge >= 0.3 is 11.9 Å². The molecule has 0 amide bonds. The number of esters is 1. The molecule has 2 aromatic rings. The lowest BCUT2D eigenvalue weighted by Crippen LogP contribution is -2.12. The molecule has 2 rings (SSSR count). The first-order chi connectivity index (χ1) is 12.3. The molecular weight excluding hydrogens is 359 g/mol. The average Bonchev–Trinajstić information content (AvgIpc) is 3.03. The van der Waals surface area contributed by atoms with Crippen LogP contribution >= 0.6 is 11.3 Å². The van der Waals surface area contributed by atoms with Gasteiger partial charge in [-0.15, -0.1) is 11.3 Å². The summed E-state index contributed by atoms with van der Waals surface area (Å²) in [6, 6.07) is 7.08. The number of benzene rings is 1. The van der Waals surface area contributed by atoms with E-state index in [1.165, 1.54) is 23.5 Å². The molecule has 0 aliphatic heterocycles. The number of nitrogen functional groups attached to an aromatic ring is 1. The largest absolute Gasteiger partial charge is 0.481 e. The van der Waals surface area contributed by atoms with Gasteiger partial charge in [-0.1, -0.05) is 6.92 Å². The van der Waals surface area contributed by atoms with Crippen LogP contribution in [0.5, 0.6) is 5.75 Å². The summed E-state index contributed by atoms with van der Waals surface area (Å²) in [7, 11) is 0. The molecule has 138 valence electrons. The van der Waals surface area contributed by atoms with Crippen molar-refractivity contribution >= 4 is 29.1 Å². The van der Waals surface area contributed by atoms with Crippen molar-refractivity contribution in [2.45, 2.75) is 26.2 Å². The first-order valence-electron chi connectivity index (χ1n) is 7.93. The van der Waals surface area contributed by atoms with Crippen LogP contribution in [0.1, 0.15) is 39.9 Å². The smallest absolute Gasteiger partial charge is 0.353 e. The Morgan fingerprint density at radius 1 is 1.35 bits per heavy atom. The summed E-state index contributed by atoms with van der Waals surface area (Å²) in [5, 5.41) is 16.0. The summed E-state index contributed by atoms with van der Waals surface area (Å²) in [6.07, 6.45) is 1.32. The lowest BCUT2D eigenvalue weighted by Gasteiger charge is -2.07. The molecule has 1 unspecified atom stereocenters. The Balaban J connectivity index is 1.99. The molecule has 1 aromatic heterocycles. The highest BCUT2D eigenvalue weighted by Gasteiger charge is 2.16. The summed E-state index contributed by atoms with van der Waals surface area (Å²) in [4.78, 5) is 24.0. The number of rotatable bonds is 8. The predicted octanol–water partition coefficient (Wildman–Crippen LogP) is 3.43. The number of halogens is 1. The molecule has 6 nitrogen and oxygen atoms in total. The van der Waals surface area contributed by atoms with Crippen molar-refractivity contribution in [1.29, 1.82) is 5.41 Å². The van der Waals surface area contributed by atoms with Gasteiger partial charge in [0.15, 0.2) is 11.6 Å². The van der Waals surface area contributed by atoms with Gasteiger partial charge in [0.25, 0.3) is 0 Å². The Morgan fingerprint density at radius 2 is 2.08 bits per heavy atom. The molecule has 4 N–H and O–H groups in total. The van der Waals surface area contributed by atoms with Crippen molar-refractivity contribution in [2.24, 2.45) is 11.7 Å². The van der Waals surface area contributed by atoms with Gasteiger partial charge in [0.1, 0.15) is 10.7 Å². The van der Waals surface area contributed by atoms with Crippen LogP contribution in [0, 0.1) is 17.1 Å². The second-order valence-electron chi connectivity index (χ2n) is 5.96. The van der Waals surface area contributed by atoms with E-state index in [2.05, 4.69) is 0 Å². The molecule has 0 fully saturated rings. The van der Waals surface area contributed by atoms with Crippen LogP contribution in [0.2, 0.25) is 0 Å². The van der Waals surface area contributed by atoms with E-state index in [1.807, 2.05) is 6.92 Å². The molecule has 1 atom stereocenters. The number of aliphatic carboxylic acids is 1. The Bertz CT molecular complexity index is 834. The van der Waals surface area contributed by atoms with Gasteiger partial charge in [-0.05, 0) is 49.1 Å². The Morgan fingerprint density at radius 3 is 2.69 bits per heavy atom. The van der Waals surface area contributed by atoms with E-state index < -0.39 is 17.8 Å². The SMILES string of the molecule is CC(CCC(=O)O)Cc1ccc(C(=O)Oc2ccc(C(=N)N)cc2F)s1. The maximum Gasteiger partial charge on any atom is 0.353 e. The first-order valence-corrected chi connectivity index (χ1v) is 8.74. The third-order valence-corrected chi connectivity index (χ3v) is 4.80. The minimum atomic E-state index is -0.829. The molecule has 0 radical (unpaired) electrons. The maximum atomic E-state index is 13.9. The first kappa shape index (κ1) is 19.6. The number of carboxylic acid groups (broad SMARTS) is 1. The van der Waals surface area contributed by atoms with Gasteiger partial charge in [-0.25, -0.2) is 9.18 Å². The van der Waals surface area contributed by atoms with Crippen molar-refractivity contribution in [1.82, 2.24) is 0 Å². The number of carbonyl (C=O) groups is 2. The van der Waals surface area contributed by atoms with Crippen LogP contribution in [0.4, 0.5) is 4.39 Å². The number of nitrogens with one attached hydrogen (secondary N) is 1. The van der Waals surface area contributed by atoms with Gasteiger partial charge in [0, 0.05) is 16.9 Å². The predicted molar refractivity (Wildman–Crippen MR) is 96.4 cm³/mol. The highest BCUT2D eigenvalue weighted by atomic mass is 32.1. The molecule has 0 saturated heterocycles. The summed E-state index contributed by atoms with van der Waals surface area (Å²) >= 11 is 1.24. The Kier molecular flexibility index (Phi) is 6.46. The van der Waals surface area contributed by atoms with Crippen LogP contribution in [0.3, 0.4) is 0 Å². The van der Waals surface area contributed by atoms with Crippen molar-refractivity contribution in [2.75, 3.05) is 0 Å². The number of carbonyl (C=O) groups excluding carboxylic acids is 1. The summed E-state index contributed by atoms with van der Waals surface area (Å²) in [6.45, 7) is 1.95. The van der Waals surface area contributed by atoms with Crippen molar-refractivity contribution in [3.05, 3.63) is 51.5 Å². The third-order valence-electron chi connectivity index (χ3n) is 3.71. The third kappa shape index (κ3) is 5.38. The highest BCUT2D eigenvalue weighted by molar-refractivity contribution is 7.13. The van der Waals surface area contributed by atoms with Gasteiger partial charge in [0.2, 0.25) is 0 Å². The van der Waals surface area contributed by atoms with Crippen molar-refractivity contribution in [3.8, 4) is 5.75 Å². The molecule has 0 spiro atoms. The number of thiophene rings is 1. The Hall–Kier alpha value is -2.74. The van der Waals surface area contributed by atoms with Crippen LogP contribution < -0.4 is 10.5 Å². The fraction of sp³-hybridized carbons (Fsp3) is 0.278. The lowest BCUT2D eigenvalue weighted by atomic mass is 10.0. The number of hydrogen-bond donors (Lipinski definition) is 3. The van der Waals surface area contributed by atoms with Crippen LogP contribution in [-0.4, -0.2) is 22.9 Å². The second kappa shape index (κ2) is 8.57. The van der Waals surface area contributed by atoms with Gasteiger partial charge in [0.05, 0.1) is 0 Å². The molecular formula is C18H19FN2O4S. The molecule has 1 aromatic carbocycles. The highest BCUT2D eigenvalue weighted by Crippen LogP contribution is 2.25. The van der Waals surface area contributed by atoms with Crippen molar-refractivity contribution in [3.63, 3.8) is 0 Å². The Labute approximate surface area is 153 Å². The summed E-state index contributed by atoms with van der Waals surface area (Å²) in [5.41, 5.74) is 5.49. The van der Waals surface area contributed by atoms with Crippen LogP contribution in [0.15, 0.2) is 30.3 Å². The normalized spacial score (nSPS) is 11.8. The fourth-order valence-electron chi connectivity index (χ4n) is 2.31. The summed E-state index contributed by atoms with van der Waals surface area (Å²) in [5.74, 6) is -2.61. The zero-order valence-corrected chi connectivity index (χ0v) is 14.9. The molecule has 0 aliphatic carbocycles. The van der Waals surface area contributed by atoms with Crippen LogP contribution in [-0.2, 0) is 11.2 Å². The number of carboxylic acids is 1. The zero-order chi connectivity index (χ0) is 19.3. The molecule has 0 bridgehead atoms. The monoisotopic (exact) mass is 378 g/mol. The van der Waals surface area contributed by atoms with E-state index in [0.29, 0.717) is 17.7 Å². The van der Waals surface area contributed by atoms with Gasteiger partial charge in [-0.2, -0.15) is 0 Å². The molecule has 26 heavy (non-hydrogen) atoms. The van der Waals surface area contributed by atoms with E-state index in [-0.39, 0.29) is 29.5 Å². The maximum absolute atomic E-state index is 13.9. The number of nitrogens with two attached hydrogens (primary N) is 1. The van der Waals surface area contributed by atoms with E-state index in [4.69, 9.17) is 21.0 Å². The van der Waals surface area contributed by atoms with E-state index in [9.17, 15) is 14.0 Å². The average molecular weight is 378 g/mol. The number of amidine groups is 1. The fourth-order valence-corrected chi connectivity index (χ4v) is 3.36. The molecule has 8 heteroatoms. The lowest BCUT2D eigenvalue weighted by molar-refractivity contribution is -0.137. The quantitative estimate of drug-likeness (QED) is 0.282. The minimum absolute atomic E-state index is 0.108. The molecule has 1 heterocycles. The van der Waals surface area contributed by atoms with E-state index in [1.54, 1.807) is 12.1 Å². The second-order valence-corrected chi connectivity index (χ2v) is 7.12. The summed E-state index contributed by atoms with van der Waals surface area (Å²) < 4.78 is 19.0. The zero-order valence-electron chi connectivity index (χ0n) is 14.1. The van der Waals surface area contributed by atoms with E-state index in [0.717, 1.165) is 10.9 Å². The number of ether oxygens (including phenoxy) is 1. The minimum Gasteiger partial charge on any atom is -0.481 e. The van der Waals surface area contributed by atoms with Gasteiger partial charge < -0.3 is 15.6 Å². The molecule has 0 saturated carbocycles. The standard InChI is InChI=1S/C18H19FN2O4S/c1-10(2-7-16(22)23)8-12-4-6-15(26-12)18(24)25-14-5-3-11(17(20)21)9-13(14)19/h3-6,9-10H,2,7-8H2,1H3,(H3,20,21)(H,22,23). The van der Waals surface area contributed by atoms with Crippen molar-refractivity contribution < 1.29 is 23.8 Å². The van der Waals surface area contributed by atoms with E-state index >= 15 is 0 Å². The molecule has 0 aliphatic rings.